The van der Waals surface area contributed by atoms with E-state index in [0.717, 1.165) is 25.9 Å². The molecule has 4 heteroatoms. The maximum Gasteiger partial charge on any atom is 0.224 e. The molecular weight excluding hydrogens is 212 g/mol. The van der Waals surface area contributed by atoms with E-state index in [2.05, 4.69) is 31.4 Å². The number of piperidine rings is 1. The zero-order valence-electron chi connectivity index (χ0n) is 9.88. The average Bonchev–Trinajstić information content (AvgIpc) is 2.15. The van der Waals surface area contributed by atoms with Crippen LogP contribution in [0.4, 0.5) is 0 Å². The van der Waals surface area contributed by atoms with Crippen LogP contribution in [0.25, 0.3) is 0 Å². The Labute approximate surface area is 98.8 Å². The molecule has 0 spiro atoms. The van der Waals surface area contributed by atoms with Crippen LogP contribution in [0.5, 0.6) is 0 Å². The van der Waals surface area contributed by atoms with E-state index in [-0.39, 0.29) is 24.2 Å². The number of amides is 1. The van der Waals surface area contributed by atoms with Gasteiger partial charge in [0.15, 0.2) is 0 Å². The van der Waals surface area contributed by atoms with Crippen LogP contribution < -0.4 is 10.6 Å². The number of hydrogen-bond donors (Lipinski definition) is 2. The Morgan fingerprint density at radius 3 is 2.73 bits per heavy atom. The van der Waals surface area contributed by atoms with E-state index in [4.69, 9.17) is 0 Å². The molecule has 0 saturated carbocycles. The Bertz CT molecular complexity index is 197. The van der Waals surface area contributed by atoms with Crippen molar-refractivity contribution in [1.29, 1.82) is 0 Å². The molecular formula is C11H23ClN2O. The molecule has 0 bridgehead atoms. The Morgan fingerprint density at radius 2 is 2.20 bits per heavy atom. The molecule has 0 aliphatic carbocycles. The molecule has 0 aromatic rings. The van der Waals surface area contributed by atoms with Crippen LogP contribution in [-0.4, -0.2) is 25.0 Å². The van der Waals surface area contributed by atoms with E-state index in [1.807, 2.05) is 0 Å². The highest BCUT2D eigenvalue weighted by Gasteiger charge is 2.26. The smallest absolute Gasteiger partial charge is 0.224 e. The second-order valence-corrected chi connectivity index (χ2v) is 4.63. The van der Waals surface area contributed by atoms with Crippen LogP contribution in [-0.2, 0) is 4.79 Å². The van der Waals surface area contributed by atoms with Gasteiger partial charge in [-0.2, -0.15) is 0 Å². The molecule has 1 heterocycles. The van der Waals surface area contributed by atoms with Gasteiger partial charge in [-0.1, -0.05) is 13.8 Å². The predicted molar refractivity (Wildman–Crippen MR) is 65.3 cm³/mol. The summed E-state index contributed by atoms with van der Waals surface area (Å²) in [5.41, 5.74) is 0. The fourth-order valence-electron chi connectivity index (χ4n) is 1.84. The first-order chi connectivity index (χ1) is 6.61. The maximum absolute atomic E-state index is 11.8. The van der Waals surface area contributed by atoms with Crippen molar-refractivity contribution in [2.24, 2.45) is 11.8 Å². The van der Waals surface area contributed by atoms with Crippen LogP contribution in [0.1, 0.15) is 33.6 Å². The van der Waals surface area contributed by atoms with E-state index in [1.54, 1.807) is 0 Å². The molecule has 1 rings (SSSR count). The minimum absolute atomic E-state index is 0. The second-order valence-electron chi connectivity index (χ2n) is 4.63. The summed E-state index contributed by atoms with van der Waals surface area (Å²) in [7, 11) is 0. The molecule has 1 aliphatic rings. The van der Waals surface area contributed by atoms with Crippen LogP contribution in [0.3, 0.4) is 0 Å². The lowest BCUT2D eigenvalue weighted by atomic mass is 9.91. The zero-order valence-corrected chi connectivity index (χ0v) is 10.7. The Kier molecular flexibility index (Phi) is 6.94. The molecule has 2 atom stereocenters. The quantitative estimate of drug-likeness (QED) is 0.779. The summed E-state index contributed by atoms with van der Waals surface area (Å²) in [5, 5.41) is 6.34. The van der Waals surface area contributed by atoms with E-state index in [9.17, 15) is 4.79 Å². The van der Waals surface area contributed by atoms with Crippen LogP contribution in [0.2, 0.25) is 0 Å². The van der Waals surface area contributed by atoms with E-state index >= 15 is 0 Å². The van der Waals surface area contributed by atoms with E-state index in [0.29, 0.717) is 12.0 Å². The summed E-state index contributed by atoms with van der Waals surface area (Å²) in [4.78, 5) is 11.8. The summed E-state index contributed by atoms with van der Waals surface area (Å²) < 4.78 is 0. The number of carbonyl (C=O) groups is 1. The monoisotopic (exact) mass is 234 g/mol. The SMILES string of the molecule is CC(C)CNC(=O)[C@@H]1CCCN[C@@H]1C.Cl. The molecule has 1 amide bonds. The fraction of sp³-hybridized carbons (Fsp3) is 0.909. The average molecular weight is 235 g/mol. The Hall–Kier alpha value is -0.280. The molecule has 0 aromatic carbocycles. The molecule has 0 unspecified atom stereocenters. The Morgan fingerprint density at radius 1 is 1.53 bits per heavy atom. The maximum atomic E-state index is 11.8. The number of nitrogens with one attached hydrogen (secondary N) is 2. The minimum atomic E-state index is 0. The van der Waals surface area contributed by atoms with Gasteiger partial charge in [0.05, 0.1) is 5.92 Å². The summed E-state index contributed by atoms with van der Waals surface area (Å²) in [5.74, 6) is 0.923. The van der Waals surface area contributed by atoms with E-state index < -0.39 is 0 Å². The summed E-state index contributed by atoms with van der Waals surface area (Å²) in [6, 6.07) is 0.330. The van der Waals surface area contributed by atoms with Crippen LogP contribution >= 0.6 is 12.4 Å². The van der Waals surface area contributed by atoms with Gasteiger partial charge in [-0.15, -0.1) is 12.4 Å². The molecule has 3 nitrogen and oxygen atoms in total. The van der Waals surface area contributed by atoms with Crippen LogP contribution in [0, 0.1) is 11.8 Å². The third kappa shape index (κ3) is 4.85. The lowest BCUT2D eigenvalue weighted by Crippen LogP contribution is -2.47. The van der Waals surface area contributed by atoms with Crippen molar-refractivity contribution in [3.8, 4) is 0 Å². The van der Waals surface area contributed by atoms with Gasteiger partial charge >= 0.3 is 0 Å². The molecule has 0 aromatic heterocycles. The van der Waals surface area contributed by atoms with Gasteiger partial charge in [0.1, 0.15) is 0 Å². The molecule has 0 radical (unpaired) electrons. The summed E-state index contributed by atoms with van der Waals surface area (Å²) >= 11 is 0. The highest BCUT2D eigenvalue weighted by Crippen LogP contribution is 2.16. The third-order valence-corrected chi connectivity index (χ3v) is 2.78. The number of carbonyl (C=O) groups excluding carboxylic acids is 1. The molecule has 2 N–H and O–H groups in total. The molecule has 1 fully saturated rings. The van der Waals surface area contributed by atoms with Gasteiger partial charge in [-0.05, 0) is 32.2 Å². The van der Waals surface area contributed by atoms with Gasteiger partial charge in [0, 0.05) is 12.6 Å². The highest BCUT2D eigenvalue weighted by molar-refractivity contribution is 5.85. The number of rotatable bonds is 3. The molecule has 1 aliphatic heterocycles. The summed E-state index contributed by atoms with van der Waals surface area (Å²) in [6.45, 7) is 8.17. The topological polar surface area (TPSA) is 41.1 Å². The second kappa shape index (κ2) is 7.07. The third-order valence-electron chi connectivity index (χ3n) is 2.78. The molecule has 15 heavy (non-hydrogen) atoms. The number of halogens is 1. The summed E-state index contributed by atoms with van der Waals surface area (Å²) in [6.07, 6.45) is 2.14. The van der Waals surface area contributed by atoms with Gasteiger partial charge in [-0.3, -0.25) is 4.79 Å². The predicted octanol–water partition coefficient (Wildman–Crippen LogP) is 1.57. The first-order valence-corrected chi connectivity index (χ1v) is 5.62. The van der Waals surface area contributed by atoms with Crippen LogP contribution in [0.15, 0.2) is 0 Å². The van der Waals surface area contributed by atoms with Crippen molar-refractivity contribution >= 4 is 18.3 Å². The first kappa shape index (κ1) is 14.7. The fourth-order valence-corrected chi connectivity index (χ4v) is 1.84. The Balaban J connectivity index is 0.00000196. The highest BCUT2D eigenvalue weighted by atomic mass is 35.5. The zero-order chi connectivity index (χ0) is 10.6. The van der Waals surface area contributed by atoms with Gasteiger partial charge in [0.2, 0.25) is 5.91 Å². The van der Waals surface area contributed by atoms with Gasteiger partial charge in [0.25, 0.3) is 0 Å². The van der Waals surface area contributed by atoms with Crippen molar-refractivity contribution in [3.63, 3.8) is 0 Å². The van der Waals surface area contributed by atoms with Crippen molar-refractivity contribution < 1.29 is 4.79 Å². The van der Waals surface area contributed by atoms with Crippen molar-refractivity contribution in [2.75, 3.05) is 13.1 Å². The van der Waals surface area contributed by atoms with Gasteiger partial charge < -0.3 is 10.6 Å². The van der Waals surface area contributed by atoms with Crippen molar-refractivity contribution in [3.05, 3.63) is 0 Å². The standard InChI is InChI=1S/C11H22N2O.ClH/c1-8(2)7-13-11(14)10-5-4-6-12-9(10)3;/h8-10,12H,4-7H2,1-3H3,(H,13,14);1H/t9-,10-;/m1./s1. The van der Waals surface area contributed by atoms with Crippen molar-refractivity contribution in [1.82, 2.24) is 10.6 Å². The largest absolute Gasteiger partial charge is 0.356 e. The molecule has 90 valence electrons. The van der Waals surface area contributed by atoms with E-state index in [1.165, 1.54) is 0 Å². The molecule has 1 saturated heterocycles. The minimum Gasteiger partial charge on any atom is -0.356 e. The van der Waals surface area contributed by atoms with Crippen molar-refractivity contribution in [2.45, 2.75) is 39.7 Å². The lowest BCUT2D eigenvalue weighted by Gasteiger charge is -2.29. The first-order valence-electron chi connectivity index (χ1n) is 5.62. The lowest BCUT2D eigenvalue weighted by molar-refractivity contribution is -0.126. The normalized spacial score (nSPS) is 25.9. The van der Waals surface area contributed by atoms with Gasteiger partial charge in [-0.25, -0.2) is 0 Å². The number of hydrogen-bond acceptors (Lipinski definition) is 2.